The SMILES string of the molecule is CCOC(=O)C(Cl)N=Nc1ccc(OC(F)(F)F)cc1. The maximum Gasteiger partial charge on any atom is 0.573 e. The number of rotatable bonds is 5. The molecule has 0 saturated carbocycles. The summed E-state index contributed by atoms with van der Waals surface area (Å²) < 4.78 is 44.0. The van der Waals surface area contributed by atoms with E-state index in [-0.39, 0.29) is 18.0 Å². The Morgan fingerprint density at radius 1 is 1.35 bits per heavy atom. The molecule has 1 rings (SSSR count). The van der Waals surface area contributed by atoms with Gasteiger partial charge in [0.05, 0.1) is 12.3 Å². The van der Waals surface area contributed by atoms with Crippen LogP contribution in [0.1, 0.15) is 6.92 Å². The van der Waals surface area contributed by atoms with Crippen LogP contribution in [-0.4, -0.2) is 24.4 Å². The van der Waals surface area contributed by atoms with Crippen molar-refractivity contribution in [3.8, 4) is 5.75 Å². The normalized spacial score (nSPS) is 13.2. The van der Waals surface area contributed by atoms with Gasteiger partial charge in [-0.05, 0) is 31.2 Å². The fourth-order valence-electron chi connectivity index (χ4n) is 1.09. The first-order chi connectivity index (χ1) is 9.31. The van der Waals surface area contributed by atoms with Gasteiger partial charge in [-0.2, -0.15) is 10.2 Å². The van der Waals surface area contributed by atoms with Crippen molar-refractivity contribution in [2.75, 3.05) is 6.61 Å². The molecule has 0 bridgehead atoms. The highest BCUT2D eigenvalue weighted by Gasteiger charge is 2.30. The average molecular weight is 311 g/mol. The summed E-state index contributed by atoms with van der Waals surface area (Å²) in [4.78, 5) is 11.1. The van der Waals surface area contributed by atoms with Gasteiger partial charge in [0.1, 0.15) is 5.75 Å². The highest BCUT2D eigenvalue weighted by atomic mass is 35.5. The van der Waals surface area contributed by atoms with Crippen molar-refractivity contribution in [2.45, 2.75) is 18.8 Å². The summed E-state index contributed by atoms with van der Waals surface area (Å²) >= 11 is 5.57. The Morgan fingerprint density at radius 3 is 2.45 bits per heavy atom. The standard InChI is InChI=1S/C11H10ClF3N2O3/c1-2-19-10(18)9(12)17-16-7-3-5-8(6-4-7)20-11(13,14)15/h3-6,9H,2H2,1H3. The van der Waals surface area contributed by atoms with Crippen LogP contribution in [0.5, 0.6) is 5.75 Å². The van der Waals surface area contributed by atoms with Crippen LogP contribution in [0.2, 0.25) is 0 Å². The molecule has 20 heavy (non-hydrogen) atoms. The van der Waals surface area contributed by atoms with Crippen molar-refractivity contribution < 1.29 is 27.4 Å². The minimum absolute atomic E-state index is 0.154. The number of benzene rings is 1. The van der Waals surface area contributed by atoms with Crippen molar-refractivity contribution in [2.24, 2.45) is 10.2 Å². The van der Waals surface area contributed by atoms with Gasteiger partial charge in [0.15, 0.2) is 0 Å². The zero-order valence-electron chi connectivity index (χ0n) is 10.2. The van der Waals surface area contributed by atoms with Crippen LogP contribution in [0.25, 0.3) is 0 Å². The van der Waals surface area contributed by atoms with Crippen molar-refractivity contribution >= 4 is 23.3 Å². The number of carbonyl (C=O) groups is 1. The summed E-state index contributed by atoms with van der Waals surface area (Å²) in [5, 5.41) is 7.07. The summed E-state index contributed by atoms with van der Waals surface area (Å²) in [7, 11) is 0. The minimum atomic E-state index is -4.76. The van der Waals surface area contributed by atoms with Gasteiger partial charge >= 0.3 is 12.3 Å². The van der Waals surface area contributed by atoms with E-state index in [4.69, 9.17) is 11.6 Å². The van der Waals surface area contributed by atoms with E-state index in [0.29, 0.717) is 0 Å². The molecular formula is C11H10ClF3N2O3. The lowest BCUT2D eigenvalue weighted by atomic mass is 10.3. The molecule has 0 aliphatic carbocycles. The summed E-state index contributed by atoms with van der Waals surface area (Å²) in [6, 6.07) is 4.60. The number of hydrogen-bond acceptors (Lipinski definition) is 5. The van der Waals surface area contributed by atoms with Crippen molar-refractivity contribution in [1.82, 2.24) is 0 Å². The van der Waals surface area contributed by atoms with Gasteiger partial charge in [-0.3, -0.25) is 0 Å². The summed E-state index contributed by atoms with van der Waals surface area (Å²) in [6.07, 6.45) is -4.76. The molecule has 0 fully saturated rings. The van der Waals surface area contributed by atoms with E-state index in [1.54, 1.807) is 6.92 Å². The maximum atomic E-state index is 11.9. The predicted octanol–water partition coefficient (Wildman–Crippen LogP) is 3.80. The predicted molar refractivity (Wildman–Crippen MR) is 63.9 cm³/mol. The molecule has 1 aromatic rings. The zero-order chi connectivity index (χ0) is 15.2. The van der Waals surface area contributed by atoms with E-state index in [9.17, 15) is 18.0 Å². The van der Waals surface area contributed by atoms with Crippen molar-refractivity contribution in [3.63, 3.8) is 0 Å². The quantitative estimate of drug-likeness (QED) is 0.360. The third kappa shape index (κ3) is 5.87. The van der Waals surface area contributed by atoms with E-state index in [1.807, 2.05) is 0 Å². The van der Waals surface area contributed by atoms with Gasteiger partial charge in [-0.1, -0.05) is 11.6 Å². The first-order valence-electron chi connectivity index (χ1n) is 5.39. The van der Waals surface area contributed by atoms with Gasteiger partial charge in [0.25, 0.3) is 0 Å². The molecular weight excluding hydrogens is 301 g/mol. The van der Waals surface area contributed by atoms with Crippen LogP contribution in [-0.2, 0) is 9.53 Å². The third-order valence-electron chi connectivity index (χ3n) is 1.83. The Balaban J connectivity index is 2.63. The number of halogens is 4. The highest BCUT2D eigenvalue weighted by molar-refractivity contribution is 6.29. The molecule has 1 atom stereocenters. The molecule has 0 amide bonds. The first-order valence-corrected chi connectivity index (χ1v) is 5.83. The second-order valence-corrected chi connectivity index (χ2v) is 3.76. The average Bonchev–Trinajstić information content (AvgIpc) is 2.36. The van der Waals surface area contributed by atoms with Crippen LogP contribution in [0.3, 0.4) is 0 Å². The highest BCUT2D eigenvalue weighted by Crippen LogP contribution is 2.25. The molecule has 9 heteroatoms. The number of ether oxygens (including phenoxy) is 2. The van der Waals surface area contributed by atoms with Crippen LogP contribution >= 0.6 is 11.6 Å². The fourth-order valence-corrected chi connectivity index (χ4v) is 1.20. The minimum Gasteiger partial charge on any atom is -0.463 e. The molecule has 5 nitrogen and oxygen atoms in total. The molecule has 1 unspecified atom stereocenters. The number of hydrogen-bond donors (Lipinski definition) is 0. The smallest absolute Gasteiger partial charge is 0.463 e. The van der Waals surface area contributed by atoms with Crippen molar-refractivity contribution in [3.05, 3.63) is 24.3 Å². The lowest BCUT2D eigenvalue weighted by Crippen LogP contribution is -2.16. The summed E-state index contributed by atoms with van der Waals surface area (Å²) in [5.41, 5.74) is -1.09. The van der Waals surface area contributed by atoms with Crippen LogP contribution in [0.15, 0.2) is 34.5 Å². The van der Waals surface area contributed by atoms with Gasteiger partial charge in [0.2, 0.25) is 5.50 Å². The number of alkyl halides is 4. The topological polar surface area (TPSA) is 60.2 Å². The van der Waals surface area contributed by atoms with E-state index >= 15 is 0 Å². The third-order valence-corrected chi connectivity index (χ3v) is 2.09. The largest absolute Gasteiger partial charge is 0.573 e. The van der Waals surface area contributed by atoms with Gasteiger partial charge < -0.3 is 9.47 Å². The molecule has 0 heterocycles. The lowest BCUT2D eigenvalue weighted by molar-refractivity contribution is -0.274. The van der Waals surface area contributed by atoms with Gasteiger partial charge in [-0.15, -0.1) is 13.2 Å². The van der Waals surface area contributed by atoms with Crippen LogP contribution < -0.4 is 4.74 Å². The Kier molecular flexibility index (Phi) is 5.75. The van der Waals surface area contributed by atoms with Gasteiger partial charge in [-0.25, -0.2) is 4.79 Å². The van der Waals surface area contributed by atoms with Crippen LogP contribution in [0, 0.1) is 0 Å². The monoisotopic (exact) mass is 310 g/mol. The number of esters is 1. The van der Waals surface area contributed by atoms with Crippen LogP contribution in [0.4, 0.5) is 18.9 Å². The molecule has 0 spiro atoms. The Labute approximate surface area is 117 Å². The summed E-state index contributed by atoms with van der Waals surface area (Å²) in [6.45, 7) is 1.76. The Bertz CT molecular complexity index is 477. The molecule has 0 saturated heterocycles. The number of azo groups is 1. The molecule has 0 aromatic heterocycles. The Morgan fingerprint density at radius 2 is 1.95 bits per heavy atom. The maximum absolute atomic E-state index is 11.9. The molecule has 0 aliphatic heterocycles. The molecule has 1 aromatic carbocycles. The van der Waals surface area contributed by atoms with E-state index in [0.717, 1.165) is 12.1 Å². The second-order valence-electron chi connectivity index (χ2n) is 3.35. The molecule has 0 aliphatic rings. The first kappa shape index (κ1) is 16.2. The van der Waals surface area contributed by atoms with Gasteiger partial charge in [0, 0.05) is 0 Å². The van der Waals surface area contributed by atoms with E-state index in [2.05, 4.69) is 19.7 Å². The van der Waals surface area contributed by atoms with Crippen molar-refractivity contribution in [1.29, 1.82) is 0 Å². The van der Waals surface area contributed by atoms with E-state index < -0.39 is 17.8 Å². The zero-order valence-corrected chi connectivity index (χ0v) is 11.0. The lowest BCUT2D eigenvalue weighted by Gasteiger charge is -2.08. The molecule has 0 N–H and O–H groups in total. The number of nitrogens with zero attached hydrogens (tertiary/aromatic N) is 2. The second kappa shape index (κ2) is 7.09. The number of carbonyl (C=O) groups excluding carboxylic acids is 1. The molecule has 0 radical (unpaired) electrons. The summed E-state index contributed by atoms with van der Waals surface area (Å²) in [5.74, 6) is -1.14. The molecule has 110 valence electrons. The van der Waals surface area contributed by atoms with E-state index in [1.165, 1.54) is 12.1 Å². The Hall–Kier alpha value is -1.83. The fraction of sp³-hybridized carbons (Fsp3) is 0.364.